The molecule has 1 aromatic carbocycles. The number of benzene rings is 1. The van der Waals surface area contributed by atoms with Gasteiger partial charge in [-0.05, 0) is 57.5 Å². The number of pyridine rings is 1. The van der Waals surface area contributed by atoms with Crippen molar-refractivity contribution in [3.05, 3.63) is 52.7 Å². The normalized spacial score (nSPS) is 11.5. The molecule has 0 fully saturated rings. The predicted octanol–water partition coefficient (Wildman–Crippen LogP) is 4.72. The van der Waals surface area contributed by atoms with Gasteiger partial charge in [-0.15, -0.1) is 0 Å². The molecule has 0 aliphatic carbocycles. The maximum Gasteiger partial charge on any atom is 0.222 e. The molecule has 4 heteroatoms. The van der Waals surface area contributed by atoms with E-state index in [1.165, 1.54) is 0 Å². The summed E-state index contributed by atoms with van der Waals surface area (Å²) in [6, 6.07) is 9.40. The molecule has 0 unspecified atom stereocenters. The molecule has 1 heterocycles. The molecule has 0 bridgehead atoms. The minimum absolute atomic E-state index is 0.0872. The van der Waals surface area contributed by atoms with E-state index < -0.39 is 0 Å². The highest BCUT2D eigenvalue weighted by Gasteiger charge is 2.10. The number of rotatable bonds is 4. The fourth-order valence-corrected chi connectivity index (χ4v) is 2.01. The van der Waals surface area contributed by atoms with E-state index in [2.05, 4.69) is 37.1 Å². The van der Waals surface area contributed by atoms with Crippen LogP contribution in [-0.4, -0.2) is 10.5 Å². The summed E-state index contributed by atoms with van der Waals surface area (Å²) in [5, 5.41) is 4.09. The molecule has 2 aromatic rings. The third-order valence-electron chi connectivity index (χ3n) is 2.92. The molecule has 3 nitrogen and oxygen atoms in total. The van der Waals surface area contributed by atoms with Crippen LogP contribution in [0.25, 0.3) is 0 Å². The van der Waals surface area contributed by atoms with E-state index in [1.54, 1.807) is 6.07 Å². The van der Waals surface area contributed by atoms with Crippen molar-refractivity contribution >= 4 is 11.6 Å². The topological polar surface area (TPSA) is 34.2 Å². The Bertz CT molecular complexity index is 620. The van der Waals surface area contributed by atoms with E-state index in [-0.39, 0.29) is 5.54 Å². The van der Waals surface area contributed by atoms with Crippen molar-refractivity contribution in [3.63, 3.8) is 0 Å². The van der Waals surface area contributed by atoms with Gasteiger partial charge >= 0.3 is 0 Å². The first-order valence-corrected chi connectivity index (χ1v) is 7.35. The number of hydrogen-bond donors (Lipinski definition) is 1. The van der Waals surface area contributed by atoms with Crippen molar-refractivity contribution in [1.82, 2.24) is 10.3 Å². The van der Waals surface area contributed by atoms with Gasteiger partial charge < -0.3 is 10.1 Å². The zero-order chi connectivity index (χ0) is 15.5. The Morgan fingerprint density at radius 2 is 2.00 bits per heavy atom. The van der Waals surface area contributed by atoms with E-state index in [1.807, 2.05) is 31.3 Å². The van der Waals surface area contributed by atoms with Crippen LogP contribution in [0, 0.1) is 6.92 Å². The number of aryl methyl sites for hydroxylation is 1. The summed E-state index contributed by atoms with van der Waals surface area (Å²) in [5.41, 5.74) is 2.23. The molecule has 112 valence electrons. The van der Waals surface area contributed by atoms with Gasteiger partial charge in [-0.25, -0.2) is 4.98 Å². The van der Waals surface area contributed by atoms with Crippen molar-refractivity contribution in [2.75, 3.05) is 0 Å². The Kier molecular flexibility index (Phi) is 4.86. The van der Waals surface area contributed by atoms with Crippen LogP contribution in [0.4, 0.5) is 0 Å². The van der Waals surface area contributed by atoms with Gasteiger partial charge in [-0.2, -0.15) is 0 Å². The van der Waals surface area contributed by atoms with E-state index in [9.17, 15) is 0 Å². The number of hydrogen-bond acceptors (Lipinski definition) is 3. The van der Waals surface area contributed by atoms with Gasteiger partial charge in [0, 0.05) is 28.9 Å². The smallest absolute Gasteiger partial charge is 0.222 e. The van der Waals surface area contributed by atoms with Gasteiger partial charge in [0.15, 0.2) is 0 Å². The molecule has 1 aromatic heterocycles. The molecule has 21 heavy (non-hydrogen) atoms. The fourth-order valence-electron chi connectivity index (χ4n) is 1.83. The molecule has 0 radical (unpaired) electrons. The lowest BCUT2D eigenvalue weighted by Gasteiger charge is -2.20. The number of aromatic nitrogens is 1. The Hall–Kier alpha value is -1.58. The third-order valence-corrected chi connectivity index (χ3v) is 3.16. The highest BCUT2D eigenvalue weighted by Crippen LogP contribution is 2.25. The summed E-state index contributed by atoms with van der Waals surface area (Å²) >= 11 is 5.95. The van der Waals surface area contributed by atoms with Crippen molar-refractivity contribution in [3.8, 4) is 11.6 Å². The molecule has 0 aliphatic rings. The maximum atomic E-state index is 5.95. The first-order chi connectivity index (χ1) is 9.83. The highest BCUT2D eigenvalue weighted by molar-refractivity contribution is 6.30. The van der Waals surface area contributed by atoms with Crippen LogP contribution in [-0.2, 0) is 6.54 Å². The van der Waals surface area contributed by atoms with Crippen LogP contribution in [0.3, 0.4) is 0 Å². The summed E-state index contributed by atoms with van der Waals surface area (Å²) < 4.78 is 5.77. The molecule has 1 N–H and O–H groups in total. The molecular weight excluding hydrogens is 284 g/mol. The lowest BCUT2D eigenvalue weighted by atomic mass is 10.1. The molecule has 2 rings (SSSR count). The average Bonchev–Trinajstić information content (AvgIpc) is 2.38. The largest absolute Gasteiger partial charge is 0.439 e. The summed E-state index contributed by atoms with van der Waals surface area (Å²) in [6.07, 6.45) is 1.84. The van der Waals surface area contributed by atoms with Crippen LogP contribution in [0.15, 0.2) is 36.5 Å². The Morgan fingerprint density at radius 1 is 1.24 bits per heavy atom. The van der Waals surface area contributed by atoms with Gasteiger partial charge in [0.2, 0.25) is 5.88 Å². The van der Waals surface area contributed by atoms with Gasteiger partial charge in [0.1, 0.15) is 5.75 Å². The van der Waals surface area contributed by atoms with Crippen LogP contribution in [0.2, 0.25) is 5.02 Å². The van der Waals surface area contributed by atoms with Crippen molar-refractivity contribution in [2.45, 2.75) is 39.8 Å². The van der Waals surface area contributed by atoms with E-state index >= 15 is 0 Å². The number of halogens is 1. The third kappa shape index (κ3) is 5.03. The molecule has 0 spiro atoms. The average molecular weight is 305 g/mol. The number of nitrogens with one attached hydrogen (secondary N) is 1. The Labute approximate surface area is 131 Å². The quantitative estimate of drug-likeness (QED) is 0.887. The van der Waals surface area contributed by atoms with Crippen LogP contribution in [0.5, 0.6) is 11.6 Å². The lowest BCUT2D eigenvalue weighted by Crippen LogP contribution is -2.35. The zero-order valence-corrected chi connectivity index (χ0v) is 13.7. The van der Waals surface area contributed by atoms with Crippen molar-refractivity contribution < 1.29 is 4.74 Å². The monoisotopic (exact) mass is 304 g/mol. The van der Waals surface area contributed by atoms with E-state index in [0.29, 0.717) is 16.7 Å². The lowest BCUT2D eigenvalue weighted by molar-refractivity contribution is 0.422. The zero-order valence-electron chi connectivity index (χ0n) is 12.9. The van der Waals surface area contributed by atoms with Crippen LogP contribution >= 0.6 is 11.6 Å². The fraction of sp³-hybridized carbons (Fsp3) is 0.353. The minimum Gasteiger partial charge on any atom is -0.439 e. The molecular formula is C17H21ClN2O. The molecule has 0 saturated carbocycles. The summed E-state index contributed by atoms with van der Waals surface area (Å²) in [6.45, 7) is 9.21. The second-order valence-corrected chi connectivity index (χ2v) is 6.57. The summed E-state index contributed by atoms with van der Waals surface area (Å²) in [5.74, 6) is 1.30. The first kappa shape index (κ1) is 15.8. The standard InChI is InChI=1S/C17H21ClN2O/c1-12-8-13(11-20-17(2,3)4)10-19-16(12)21-15-7-5-6-14(18)9-15/h5-10,20H,11H2,1-4H3. The minimum atomic E-state index is 0.0872. The van der Waals surface area contributed by atoms with E-state index in [4.69, 9.17) is 16.3 Å². The number of nitrogens with zero attached hydrogens (tertiary/aromatic N) is 1. The molecule has 0 aliphatic heterocycles. The second-order valence-electron chi connectivity index (χ2n) is 6.13. The van der Waals surface area contributed by atoms with Crippen LogP contribution in [0.1, 0.15) is 31.9 Å². The second kappa shape index (κ2) is 6.46. The Morgan fingerprint density at radius 3 is 2.62 bits per heavy atom. The predicted molar refractivity (Wildman–Crippen MR) is 87.1 cm³/mol. The van der Waals surface area contributed by atoms with E-state index in [0.717, 1.165) is 17.7 Å². The van der Waals surface area contributed by atoms with Gasteiger partial charge in [-0.1, -0.05) is 17.7 Å². The molecule has 0 saturated heterocycles. The van der Waals surface area contributed by atoms with Gasteiger partial charge in [-0.3, -0.25) is 0 Å². The van der Waals surface area contributed by atoms with Gasteiger partial charge in [0.25, 0.3) is 0 Å². The first-order valence-electron chi connectivity index (χ1n) is 6.97. The van der Waals surface area contributed by atoms with Crippen molar-refractivity contribution in [2.24, 2.45) is 0 Å². The SMILES string of the molecule is Cc1cc(CNC(C)(C)C)cnc1Oc1cccc(Cl)c1. The summed E-state index contributed by atoms with van der Waals surface area (Å²) in [7, 11) is 0. The Balaban J connectivity index is 2.09. The maximum absolute atomic E-state index is 5.95. The van der Waals surface area contributed by atoms with Crippen LogP contribution < -0.4 is 10.1 Å². The molecule has 0 amide bonds. The summed E-state index contributed by atoms with van der Waals surface area (Å²) in [4.78, 5) is 4.40. The highest BCUT2D eigenvalue weighted by atomic mass is 35.5. The number of ether oxygens (including phenoxy) is 1. The van der Waals surface area contributed by atoms with Crippen molar-refractivity contribution in [1.29, 1.82) is 0 Å². The molecule has 0 atom stereocenters. The van der Waals surface area contributed by atoms with Gasteiger partial charge in [0.05, 0.1) is 0 Å².